The largest absolute Gasteiger partial charge is 0.489 e. The maximum atomic E-state index is 14.3. The van der Waals surface area contributed by atoms with Gasteiger partial charge in [-0.3, -0.25) is 14.6 Å². The first-order chi connectivity index (χ1) is 17.6. The Labute approximate surface area is 210 Å². The fourth-order valence-corrected chi connectivity index (χ4v) is 4.25. The van der Waals surface area contributed by atoms with E-state index in [1.807, 2.05) is 18.2 Å². The maximum absolute atomic E-state index is 14.3. The number of carboxylic acid groups (broad SMARTS) is 1. The summed E-state index contributed by atoms with van der Waals surface area (Å²) in [6.07, 6.45) is -2.46. The van der Waals surface area contributed by atoms with Gasteiger partial charge in [-0.15, -0.1) is 0 Å². The normalized spacial score (nSPS) is 12.9. The Hall–Kier alpha value is -3.95. The molecule has 2 aromatic carbocycles. The molecule has 194 valence electrons. The Bertz CT molecular complexity index is 1290. The number of aromatic nitrogens is 1. The SMILES string of the molecule is O=C(O)CCc1ccc(OCc2cccc3c2N(C(=O)CCc2ccc(C(F)(F)F)nc2)CC3)cc1F. The summed E-state index contributed by atoms with van der Waals surface area (Å²) in [5.41, 5.74) is 2.30. The molecule has 0 atom stereocenters. The molecule has 37 heavy (non-hydrogen) atoms. The number of hydrogen-bond acceptors (Lipinski definition) is 4. The van der Waals surface area contributed by atoms with Crippen molar-refractivity contribution in [2.75, 3.05) is 11.4 Å². The molecule has 2 heterocycles. The second kappa shape index (κ2) is 11.0. The van der Waals surface area contributed by atoms with Crippen LogP contribution in [0, 0.1) is 5.82 Å². The molecule has 0 saturated carbocycles. The minimum absolute atomic E-state index is 0.0766. The van der Waals surface area contributed by atoms with Crippen LogP contribution in [-0.2, 0) is 41.6 Å². The number of amides is 1. The van der Waals surface area contributed by atoms with Gasteiger partial charge in [0.25, 0.3) is 0 Å². The molecule has 0 aliphatic carbocycles. The number of nitrogens with zero attached hydrogens (tertiary/aromatic N) is 2. The minimum atomic E-state index is -4.51. The Balaban J connectivity index is 1.40. The molecule has 1 N–H and O–H groups in total. The molecule has 10 heteroatoms. The molecule has 0 fully saturated rings. The smallest absolute Gasteiger partial charge is 0.433 e. The number of fused-ring (bicyclic) bond motifs is 1. The summed E-state index contributed by atoms with van der Waals surface area (Å²) in [5, 5.41) is 8.78. The molecule has 1 aliphatic rings. The van der Waals surface area contributed by atoms with Crippen LogP contribution in [-0.4, -0.2) is 28.5 Å². The van der Waals surface area contributed by atoms with Crippen molar-refractivity contribution in [1.29, 1.82) is 0 Å². The molecule has 1 amide bonds. The van der Waals surface area contributed by atoms with Gasteiger partial charge in [0.2, 0.25) is 5.91 Å². The third-order valence-corrected chi connectivity index (χ3v) is 6.15. The van der Waals surface area contributed by atoms with Gasteiger partial charge < -0.3 is 14.7 Å². The Morgan fingerprint density at radius 2 is 1.84 bits per heavy atom. The lowest BCUT2D eigenvalue weighted by atomic mass is 10.1. The topological polar surface area (TPSA) is 79.7 Å². The van der Waals surface area contributed by atoms with Gasteiger partial charge in [-0.25, -0.2) is 4.39 Å². The van der Waals surface area contributed by atoms with Crippen molar-refractivity contribution in [3.63, 3.8) is 0 Å². The van der Waals surface area contributed by atoms with E-state index >= 15 is 0 Å². The summed E-state index contributed by atoms with van der Waals surface area (Å²) in [6, 6.07) is 12.1. The fourth-order valence-electron chi connectivity index (χ4n) is 4.25. The van der Waals surface area contributed by atoms with Crippen molar-refractivity contribution in [2.45, 2.75) is 44.9 Å². The molecule has 1 aromatic heterocycles. The van der Waals surface area contributed by atoms with E-state index in [0.29, 0.717) is 18.5 Å². The van der Waals surface area contributed by atoms with E-state index in [4.69, 9.17) is 9.84 Å². The van der Waals surface area contributed by atoms with Gasteiger partial charge in [0.1, 0.15) is 23.9 Å². The second-order valence-electron chi connectivity index (χ2n) is 8.71. The van der Waals surface area contributed by atoms with E-state index in [1.54, 1.807) is 11.0 Å². The number of anilines is 1. The van der Waals surface area contributed by atoms with Gasteiger partial charge >= 0.3 is 12.1 Å². The Morgan fingerprint density at radius 1 is 1.03 bits per heavy atom. The number of aryl methyl sites for hydroxylation is 2. The molecule has 0 spiro atoms. The summed E-state index contributed by atoms with van der Waals surface area (Å²) >= 11 is 0. The molecule has 0 radical (unpaired) electrons. The van der Waals surface area contributed by atoms with E-state index in [9.17, 15) is 27.2 Å². The number of para-hydroxylation sites is 1. The number of aliphatic carboxylic acids is 1. The van der Waals surface area contributed by atoms with Crippen molar-refractivity contribution in [2.24, 2.45) is 0 Å². The highest BCUT2D eigenvalue weighted by molar-refractivity contribution is 5.96. The van der Waals surface area contributed by atoms with Crippen LogP contribution in [0.15, 0.2) is 54.7 Å². The first-order valence-electron chi connectivity index (χ1n) is 11.7. The van der Waals surface area contributed by atoms with Crippen LogP contribution >= 0.6 is 0 Å². The lowest BCUT2D eigenvalue weighted by Gasteiger charge is -2.21. The summed E-state index contributed by atoms with van der Waals surface area (Å²) in [7, 11) is 0. The number of hydrogen-bond donors (Lipinski definition) is 1. The first-order valence-corrected chi connectivity index (χ1v) is 11.7. The van der Waals surface area contributed by atoms with Gasteiger partial charge in [0.15, 0.2) is 0 Å². The quantitative estimate of drug-likeness (QED) is 0.388. The molecule has 0 unspecified atom stereocenters. The van der Waals surface area contributed by atoms with Crippen LogP contribution in [0.2, 0.25) is 0 Å². The third-order valence-electron chi connectivity index (χ3n) is 6.15. The number of halogens is 4. The van der Waals surface area contributed by atoms with Gasteiger partial charge in [-0.1, -0.05) is 30.3 Å². The van der Waals surface area contributed by atoms with Crippen molar-refractivity contribution in [1.82, 2.24) is 4.98 Å². The zero-order valence-corrected chi connectivity index (χ0v) is 19.7. The summed E-state index contributed by atoms with van der Waals surface area (Å²) in [4.78, 5) is 28.8. The van der Waals surface area contributed by atoms with E-state index in [0.717, 1.165) is 29.1 Å². The summed E-state index contributed by atoms with van der Waals surface area (Å²) < 4.78 is 58.2. The highest BCUT2D eigenvalue weighted by Gasteiger charge is 2.32. The molecule has 4 rings (SSSR count). The van der Waals surface area contributed by atoms with Crippen molar-refractivity contribution < 1.29 is 37.0 Å². The van der Waals surface area contributed by atoms with Crippen molar-refractivity contribution in [3.05, 3.63) is 88.5 Å². The lowest BCUT2D eigenvalue weighted by Crippen LogP contribution is -2.30. The highest BCUT2D eigenvalue weighted by atomic mass is 19.4. The summed E-state index contributed by atoms with van der Waals surface area (Å²) in [6.45, 7) is 0.563. The van der Waals surface area contributed by atoms with Gasteiger partial charge in [-0.05, 0) is 48.1 Å². The van der Waals surface area contributed by atoms with Crippen molar-refractivity contribution in [3.8, 4) is 5.75 Å². The predicted molar refractivity (Wildman–Crippen MR) is 127 cm³/mol. The number of carbonyl (C=O) groups excluding carboxylic acids is 1. The minimum Gasteiger partial charge on any atom is -0.489 e. The Kier molecular flexibility index (Phi) is 7.75. The molecule has 3 aromatic rings. The van der Waals surface area contributed by atoms with Gasteiger partial charge in [0, 0.05) is 37.2 Å². The molecule has 6 nitrogen and oxygen atoms in total. The lowest BCUT2D eigenvalue weighted by molar-refractivity contribution is -0.141. The fraction of sp³-hybridized carbons (Fsp3) is 0.296. The molecule has 0 saturated heterocycles. The number of rotatable bonds is 9. The van der Waals surface area contributed by atoms with Gasteiger partial charge in [0.05, 0.1) is 5.69 Å². The van der Waals surface area contributed by atoms with E-state index < -0.39 is 23.7 Å². The third kappa shape index (κ3) is 6.44. The number of pyridine rings is 1. The van der Waals surface area contributed by atoms with Crippen LogP contribution < -0.4 is 9.64 Å². The first kappa shape index (κ1) is 26.1. The average molecular weight is 516 g/mol. The van der Waals surface area contributed by atoms with E-state index in [-0.39, 0.29) is 49.5 Å². The number of benzene rings is 2. The zero-order valence-electron chi connectivity index (χ0n) is 19.7. The van der Waals surface area contributed by atoms with Gasteiger partial charge in [-0.2, -0.15) is 13.2 Å². The number of alkyl halides is 3. The average Bonchev–Trinajstić information content (AvgIpc) is 3.30. The van der Waals surface area contributed by atoms with Crippen LogP contribution in [0.5, 0.6) is 5.75 Å². The van der Waals surface area contributed by atoms with E-state index in [1.165, 1.54) is 18.2 Å². The maximum Gasteiger partial charge on any atom is 0.433 e. The molecule has 0 bridgehead atoms. The van der Waals surface area contributed by atoms with Crippen molar-refractivity contribution >= 4 is 17.6 Å². The molecular weight excluding hydrogens is 492 g/mol. The standard InChI is InChI=1S/C27H24F4N2O4/c28-22-14-21(8-6-18(22)7-11-25(35)36)37-16-20-3-1-2-19-12-13-33(26(19)20)24(34)10-5-17-4-9-23(32-15-17)27(29,30)31/h1-4,6,8-9,14-15H,5,7,10-13,16H2,(H,35,36). The second-order valence-corrected chi connectivity index (χ2v) is 8.71. The number of carboxylic acids is 1. The zero-order chi connectivity index (χ0) is 26.6. The molecule has 1 aliphatic heterocycles. The monoisotopic (exact) mass is 516 g/mol. The van der Waals surface area contributed by atoms with E-state index in [2.05, 4.69) is 4.98 Å². The molecular formula is C27H24F4N2O4. The van der Waals surface area contributed by atoms with Crippen LogP contribution in [0.1, 0.15) is 40.8 Å². The summed E-state index contributed by atoms with van der Waals surface area (Å²) in [5.74, 6) is -1.45. The predicted octanol–water partition coefficient (Wildman–Crippen LogP) is 5.36. The number of ether oxygens (including phenoxy) is 1. The van der Waals surface area contributed by atoms with Crippen LogP contribution in [0.3, 0.4) is 0 Å². The Morgan fingerprint density at radius 3 is 2.51 bits per heavy atom. The number of carbonyl (C=O) groups is 2. The highest BCUT2D eigenvalue weighted by Crippen LogP contribution is 2.34. The van der Waals surface area contributed by atoms with Crippen LogP contribution in [0.25, 0.3) is 0 Å². The van der Waals surface area contributed by atoms with Crippen LogP contribution in [0.4, 0.5) is 23.2 Å².